The first-order valence-corrected chi connectivity index (χ1v) is 12.6. The van der Waals surface area contributed by atoms with Crippen molar-refractivity contribution in [1.82, 2.24) is 20.5 Å². The number of rotatable bonds is 8. The van der Waals surface area contributed by atoms with Crippen molar-refractivity contribution in [2.75, 3.05) is 12.3 Å². The summed E-state index contributed by atoms with van der Waals surface area (Å²) in [4.78, 5) is 45.5. The van der Waals surface area contributed by atoms with Gasteiger partial charge in [-0.1, -0.05) is 6.92 Å². The highest BCUT2D eigenvalue weighted by atomic mass is 32.1. The first kappa shape index (κ1) is 26.0. The van der Waals surface area contributed by atoms with Gasteiger partial charge in [-0.15, -0.1) is 11.3 Å². The Bertz CT molecular complexity index is 1360. The number of thiophene rings is 1. The molecule has 0 saturated carbocycles. The lowest BCUT2D eigenvalue weighted by atomic mass is 10.1. The fourth-order valence-electron chi connectivity index (χ4n) is 4.10. The number of pyridine rings is 1. The highest BCUT2D eigenvalue weighted by Crippen LogP contribution is 2.29. The number of carbonyl (C=O) groups is 3. The molecule has 0 bridgehead atoms. The van der Waals surface area contributed by atoms with Crippen molar-refractivity contribution < 1.29 is 18.8 Å². The molecule has 5 N–H and O–H groups in total. The zero-order valence-electron chi connectivity index (χ0n) is 20.2. The predicted octanol–water partition coefficient (Wildman–Crippen LogP) is 2.89. The predicted molar refractivity (Wildman–Crippen MR) is 139 cm³/mol. The van der Waals surface area contributed by atoms with Gasteiger partial charge < -0.3 is 26.7 Å². The van der Waals surface area contributed by atoms with E-state index in [0.29, 0.717) is 53.2 Å². The van der Waals surface area contributed by atoms with E-state index in [2.05, 4.69) is 15.6 Å². The molecule has 2 aromatic heterocycles. The molecule has 192 valence electrons. The van der Waals surface area contributed by atoms with Crippen molar-refractivity contribution >= 4 is 41.0 Å². The summed E-state index contributed by atoms with van der Waals surface area (Å²) in [5, 5.41) is 13.0. The molecule has 0 spiro atoms. The van der Waals surface area contributed by atoms with Gasteiger partial charge in [0.05, 0.1) is 4.88 Å². The average molecular weight is 523 g/mol. The third-order valence-corrected chi connectivity index (χ3v) is 7.40. The molecule has 0 saturated heterocycles. The monoisotopic (exact) mass is 522 g/mol. The van der Waals surface area contributed by atoms with Crippen LogP contribution in [0.4, 0.5) is 10.1 Å². The molecule has 4 rings (SSSR count). The van der Waals surface area contributed by atoms with Gasteiger partial charge in [-0.25, -0.2) is 4.98 Å². The van der Waals surface area contributed by atoms with E-state index < -0.39 is 17.9 Å². The summed E-state index contributed by atoms with van der Waals surface area (Å²) in [6.45, 7) is 2.83. The number of benzene rings is 1. The minimum atomic E-state index is -0.711. The number of halogens is 1. The van der Waals surface area contributed by atoms with Gasteiger partial charge in [-0.3, -0.25) is 14.4 Å². The fourth-order valence-corrected chi connectivity index (χ4v) is 5.18. The van der Waals surface area contributed by atoms with E-state index in [0.717, 1.165) is 16.7 Å². The van der Waals surface area contributed by atoms with Gasteiger partial charge in [0.1, 0.15) is 6.04 Å². The largest absolute Gasteiger partial charge is 0.398 e. The van der Waals surface area contributed by atoms with Crippen LogP contribution in [0.5, 0.6) is 0 Å². The second-order valence-corrected chi connectivity index (χ2v) is 9.80. The van der Waals surface area contributed by atoms with Crippen molar-refractivity contribution in [2.24, 2.45) is 0 Å². The number of anilines is 1. The smallest absolute Gasteiger partial charge is 0.261 e. The van der Waals surface area contributed by atoms with E-state index in [4.69, 9.17) is 11.1 Å². The third-order valence-electron chi connectivity index (χ3n) is 6.16. The molecular formula is C26H27FN6O3S. The summed E-state index contributed by atoms with van der Waals surface area (Å²) in [6.07, 6.45) is 3.45. The molecule has 3 heterocycles. The van der Waals surface area contributed by atoms with Crippen molar-refractivity contribution in [3.63, 3.8) is 0 Å². The van der Waals surface area contributed by atoms with Crippen LogP contribution in [0.3, 0.4) is 0 Å². The molecule has 0 aliphatic carbocycles. The summed E-state index contributed by atoms with van der Waals surface area (Å²) in [6, 6.07) is 8.62. The van der Waals surface area contributed by atoms with E-state index >= 15 is 0 Å². The second-order valence-electron chi connectivity index (χ2n) is 8.66. The van der Waals surface area contributed by atoms with Crippen LogP contribution in [0, 0.1) is 11.4 Å². The summed E-state index contributed by atoms with van der Waals surface area (Å²) in [5.74, 6) is -1.47. The zero-order valence-corrected chi connectivity index (χ0v) is 21.0. The molecule has 0 unspecified atom stereocenters. The highest BCUT2D eigenvalue weighted by molar-refractivity contribution is 7.14. The topological polar surface area (TPSA) is 141 Å². The minimum absolute atomic E-state index is 0.179. The number of hydrogen-bond acceptors (Lipinski definition) is 7. The molecule has 37 heavy (non-hydrogen) atoms. The number of hydrogen-bond donors (Lipinski definition) is 4. The zero-order chi connectivity index (χ0) is 26.5. The maximum atomic E-state index is 13.3. The van der Waals surface area contributed by atoms with Crippen LogP contribution in [0.15, 0.2) is 42.6 Å². The number of fused-ring (bicyclic) bond motifs is 1. The molecule has 9 nitrogen and oxygen atoms in total. The van der Waals surface area contributed by atoms with Crippen LogP contribution in [-0.4, -0.2) is 46.4 Å². The number of nitrogens with one attached hydrogen (secondary N) is 3. The molecule has 1 aliphatic heterocycles. The van der Waals surface area contributed by atoms with Crippen LogP contribution < -0.4 is 16.4 Å². The summed E-state index contributed by atoms with van der Waals surface area (Å²) >= 11 is 1.39. The van der Waals surface area contributed by atoms with Gasteiger partial charge in [0.25, 0.3) is 11.8 Å². The van der Waals surface area contributed by atoms with Gasteiger partial charge >= 0.3 is 0 Å². The Morgan fingerprint density at radius 3 is 2.78 bits per heavy atom. The molecule has 3 amide bonds. The quantitative estimate of drug-likeness (QED) is 0.205. The SMILES string of the molecule is CC[C@@H](NC(=O)c1ccc(N)c(C=N)c1)C(=O)N1CCc2sc(C(=O)NCc3ccnc(F)c3)cc2C1. The number of aromatic nitrogens is 1. The Kier molecular flexibility index (Phi) is 7.92. The van der Waals surface area contributed by atoms with E-state index in [1.54, 1.807) is 29.2 Å². The number of carbonyl (C=O) groups excluding carboxylic acids is 3. The van der Waals surface area contributed by atoms with E-state index in [9.17, 15) is 18.8 Å². The number of nitrogens with two attached hydrogens (primary N) is 1. The molecule has 1 aromatic carbocycles. The molecule has 1 aliphatic rings. The second kappa shape index (κ2) is 11.3. The normalized spacial score (nSPS) is 13.4. The van der Waals surface area contributed by atoms with Crippen molar-refractivity contribution in [1.29, 1.82) is 5.41 Å². The molecule has 3 aromatic rings. The summed E-state index contributed by atoms with van der Waals surface area (Å²) in [7, 11) is 0. The number of nitrogen functional groups attached to an aromatic ring is 1. The van der Waals surface area contributed by atoms with Crippen molar-refractivity contribution in [3.8, 4) is 0 Å². The maximum absolute atomic E-state index is 13.3. The first-order valence-electron chi connectivity index (χ1n) is 11.8. The lowest BCUT2D eigenvalue weighted by Gasteiger charge is -2.30. The summed E-state index contributed by atoms with van der Waals surface area (Å²) in [5.41, 5.74) is 8.46. The van der Waals surface area contributed by atoms with Crippen LogP contribution in [-0.2, 0) is 24.3 Å². The molecule has 0 radical (unpaired) electrons. The van der Waals surface area contributed by atoms with E-state index in [1.807, 2.05) is 6.92 Å². The fraction of sp³-hybridized carbons (Fsp3) is 0.269. The maximum Gasteiger partial charge on any atom is 0.261 e. The molecule has 1 atom stereocenters. The average Bonchev–Trinajstić information content (AvgIpc) is 3.34. The van der Waals surface area contributed by atoms with Crippen LogP contribution in [0.2, 0.25) is 0 Å². The van der Waals surface area contributed by atoms with Gasteiger partial charge in [0.15, 0.2) is 0 Å². The Labute approximate surface area is 217 Å². The van der Waals surface area contributed by atoms with E-state index in [1.165, 1.54) is 29.7 Å². The van der Waals surface area contributed by atoms with E-state index in [-0.39, 0.29) is 18.4 Å². The molecule has 11 heteroatoms. The van der Waals surface area contributed by atoms with Gasteiger partial charge in [0, 0.05) is 53.7 Å². The Hall–Kier alpha value is -4.12. The number of amides is 3. The van der Waals surface area contributed by atoms with Crippen molar-refractivity contribution in [2.45, 2.75) is 38.9 Å². The molecule has 0 fully saturated rings. The van der Waals surface area contributed by atoms with Gasteiger partial charge in [-0.2, -0.15) is 4.39 Å². The van der Waals surface area contributed by atoms with Gasteiger partial charge in [0.2, 0.25) is 11.9 Å². The van der Waals surface area contributed by atoms with Crippen LogP contribution in [0.25, 0.3) is 0 Å². The van der Waals surface area contributed by atoms with Crippen LogP contribution >= 0.6 is 11.3 Å². The number of nitrogens with zero attached hydrogens (tertiary/aromatic N) is 2. The Morgan fingerprint density at radius 1 is 1.24 bits per heavy atom. The Balaban J connectivity index is 1.38. The Morgan fingerprint density at radius 2 is 2.05 bits per heavy atom. The van der Waals surface area contributed by atoms with Gasteiger partial charge in [-0.05, 0) is 60.4 Å². The minimum Gasteiger partial charge on any atom is -0.398 e. The molecular weight excluding hydrogens is 495 g/mol. The standard InChI is InChI=1S/C26H27FN6O3S/c1-2-20(32-24(34)16-3-4-19(29)17(10-16)12-28)26(36)33-8-6-21-18(14-33)11-22(37-21)25(35)31-13-15-5-7-30-23(27)9-15/h3-5,7,9-12,20,28H,2,6,8,13-14,29H2,1H3,(H,31,35)(H,32,34)/t20-/m1/s1. The van der Waals surface area contributed by atoms with Crippen LogP contribution in [0.1, 0.15) is 54.9 Å². The van der Waals surface area contributed by atoms with Crippen molar-refractivity contribution in [3.05, 3.63) is 80.6 Å². The summed E-state index contributed by atoms with van der Waals surface area (Å²) < 4.78 is 13.3. The highest BCUT2D eigenvalue weighted by Gasteiger charge is 2.29. The lowest BCUT2D eigenvalue weighted by Crippen LogP contribution is -2.49. The lowest BCUT2D eigenvalue weighted by molar-refractivity contribution is -0.134. The third kappa shape index (κ3) is 6.00. The first-order chi connectivity index (χ1) is 17.8.